The van der Waals surface area contributed by atoms with Crippen molar-refractivity contribution in [3.05, 3.63) is 71.9 Å². The van der Waals surface area contributed by atoms with Gasteiger partial charge < -0.3 is 0 Å². The lowest BCUT2D eigenvalue weighted by atomic mass is 10.2. The fourth-order valence-electron chi connectivity index (χ4n) is 2.27. The zero-order valence-corrected chi connectivity index (χ0v) is 13.6. The Morgan fingerprint density at radius 1 is 1.00 bits per heavy atom. The summed E-state index contributed by atoms with van der Waals surface area (Å²) in [6, 6.07) is 18.8. The molecule has 2 aromatic carbocycles. The predicted molar refractivity (Wildman–Crippen MR) is 95.3 cm³/mol. The number of benzene rings is 2. The molecular weight excluding hydrogens is 302 g/mol. The summed E-state index contributed by atoms with van der Waals surface area (Å²) in [5.41, 5.74) is 9.15. The van der Waals surface area contributed by atoms with E-state index in [1.807, 2.05) is 74.5 Å². The number of para-hydroxylation sites is 1. The van der Waals surface area contributed by atoms with Crippen LogP contribution in [0.1, 0.15) is 11.3 Å². The predicted octanol–water partition coefficient (Wildman–Crippen LogP) is 3.64. The first-order valence-corrected chi connectivity index (χ1v) is 7.63. The third-order valence-corrected chi connectivity index (χ3v) is 3.45. The van der Waals surface area contributed by atoms with Gasteiger partial charge in [0.2, 0.25) is 0 Å². The lowest BCUT2D eigenvalue weighted by Crippen LogP contribution is -2.34. The highest BCUT2D eigenvalue weighted by atomic mass is 16.2. The Kier molecular flexibility index (Phi) is 4.47. The molecule has 3 N–H and O–H groups in total. The third kappa shape index (κ3) is 3.73. The van der Waals surface area contributed by atoms with E-state index >= 15 is 0 Å². The number of anilines is 2. The SMILES string of the molecule is Cc1ccc(NNC(=O)Nc2cc(C)nn2-c2ccccc2)cc1. The third-order valence-electron chi connectivity index (χ3n) is 3.45. The smallest absolute Gasteiger partial charge is 0.297 e. The number of amides is 2. The molecule has 0 atom stereocenters. The molecule has 0 saturated heterocycles. The number of hydrazine groups is 1. The Labute approximate surface area is 140 Å². The molecule has 24 heavy (non-hydrogen) atoms. The standard InChI is InChI=1S/C18H19N5O/c1-13-8-10-15(11-9-13)20-21-18(24)19-17-12-14(2)22-23(17)16-6-4-3-5-7-16/h3-12,20H,1-2H3,(H2,19,21,24). The van der Waals surface area contributed by atoms with E-state index in [1.165, 1.54) is 0 Å². The number of rotatable bonds is 4. The highest BCUT2D eigenvalue weighted by Crippen LogP contribution is 2.16. The summed E-state index contributed by atoms with van der Waals surface area (Å²) >= 11 is 0. The van der Waals surface area contributed by atoms with Crippen molar-refractivity contribution in [2.75, 3.05) is 10.7 Å². The molecule has 6 heteroatoms. The number of urea groups is 1. The van der Waals surface area contributed by atoms with Crippen LogP contribution in [-0.4, -0.2) is 15.8 Å². The van der Waals surface area contributed by atoms with Crippen LogP contribution in [0.2, 0.25) is 0 Å². The number of hydrogen-bond donors (Lipinski definition) is 3. The lowest BCUT2D eigenvalue weighted by molar-refractivity contribution is 0.253. The average molecular weight is 321 g/mol. The van der Waals surface area contributed by atoms with Gasteiger partial charge in [0.25, 0.3) is 0 Å². The molecule has 1 aromatic heterocycles. The van der Waals surface area contributed by atoms with Gasteiger partial charge in [0.05, 0.1) is 17.1 Å². The molecule has 0 saturated carbocycles. The summed E-state index contributed by atoms with van der Waals surface area (Å²) in [6.45, 7) is 3.89. The normalized spacial score (nSPS) is 10.2. The van der Waals surface area contributed by atoms with E-state index in [0.29, 0.717) is 5.82 Å². The van der Waals surface area contributed by atoms with Crippen molar-refractivity contribution in [1.82, 2.24) is 15.2 Å². The van der Waals surface area contributed by atoms with Crippen molar-refractivity contribution in [2.24, 2.45) is 0 Å². The van der Waals surface area contributed by atoms with Crippen LogP contribution in [0.15, 0.2) is 60.7 Å². The van der Waals surface area contributed by atoms with E-state index in [2.05, 4.69) is 21.3 Å². The van der Waals surface area contributed by atoms with E-state index in [9.17, 15) is 4.79 Å². The van der Waals surface area contributed by atoms with Crippen molar-refractivity contribution in [1.29, 1.82) is 0 Å². The minimum atomic E-state index is -0.368. The van der Waals surface area contributed by atoms with E-state index in [4.69, 9.17) is 0 Å². The van der Waals surface area contributed by atoms with E-state index in [0.717, 1.165) is 22.6 Å². The van der Waals surface area contributed by atoms with Gasteiger partial charge in [0, 0.05) is 6.07 Å². The van der Waals surface area contributed by atoms with Gasteiger partial charge in [-0.3, -0.25) is 16.2 Å². The Morgan fingerprint density at radius 3 is 2.42 bits per heavy atom. The second kappa shape index (κ2) is 6.87. The van der Waals surface area contributed by atoms with Crippen molar-refractivity contribution in [3.63, 3.8) is 0 Å². The van der Waals surface area contributed by atoms with Crippen LogP contribution in [0.4, 0.5) is 16.3 Å². The number of nitrogens with one attached hydrogen (secondary N) is 3. The fraction of sp³-hybridized carbons (Fsp3) is 0.111. The fourth-order valence-corrected chi connectivity index (χ4v) is 2.27. The van der Waals surface area contributed by atoms with Crippen LogP contribution in [0, 0.1) is 13.8 Å². The summed E-state index contributed by atoms with van der Waals surface area (Å²) in [4.78, 5) is 12.1. The Balaban J connectivity index is 1.67. The van der Waals surface area contributed by atoms with Gasteiger partial charge in [0.1, 0.15) is 5.82 Å². The molecule has 0 aliphatic heterocycles. The molecule has 0 radical (unpaired) electrons. The van der Waals surface area contributed by atoms with Gasteiger partial charge >= 0.3 is 6.03 Å². The number of aromatic nitrogens is 2. The van der Waals surface area contributed by atoms with Crippen molar-refractivity contribution in [2.45, 2.75) is 13.8 Å². The quantitative estimate of drug-likeness (QED) is 0.643. The second-order valence-corrected chi connectivity index (χ2v) is 5.49. The van der Waals surface area contributed by atoms with E-state index < -0.39 is 0 Å². The molecule has 0 aliphatic rings. The highest BCUT2D eigenvalue weighted by molar-refractivity contribution is 5.89. The van der Waals surface area contributed by atoms with Gasteiger partial charge in [-0.05, 0) is 38.1 Å². The molecule has 0 aliphatic carbocycles. The maximum absolute atomic E-state index is 12.1. The number of carbonyl (C=O) groups is 1. The summed E-state index contributed by atoms with van der Waals surface area (Å²) in [6.07, 6.45) is 0. The monoisotopic (exact) mass is 321 g/mol. The molecule has 6 nitrogen and oxygen atoms in total. The molecule has 0 unspecified atom stereocenters. The van der Waals surface area contributed by atoms with Gasteiger partial charge in [-0.25, -0.2) is 9.48 Å². The molecule has 1 heterocycles. The summed E-state index contributed by atoms with van der Waals surface area (Å²) in [7, 11) is 0. The molecule has 3 rings (SSSR count). The van der Waals surface area contributed by atoms with Gasteiger partial charge in [-0.15, -0.1) is 0 Å². The van der Waals surface area contributed by atoms with Crippen LogP contribution in [0.25, 0.3) is 5.69 Å². The minimum Gasteiger partial charge on any atom is -0.297 e. The van der Waals surface area contributed by atoms with Gasteiger partial charge in [-0.1, -0.05) is 35.9 Å². The Bertz CT molecular complexity index is 824. The average Bonchev–Trinajstić information content (AvgIpc) is 2.95. The largest absolute Gasteiger partial charge is 0.339 e. The van der Waals surface area contributed by atoms with Crippen molar-refractivity contribution < 1.29 is 4.79 Å². The van der Waals surface area contributed by atoms with Crippen LogP contribution < -0.4 is 16.2 Å². The number of hydrogen-bond acceptors (Lipinski definition) is 3. The maximum atomic E-state index is 12.1. The molecule has 0 fully saturated rings. The van der Waals surface area contributed by atoms with E-state index in [1.54, 1.807) is 4.68 Å². The molecule has 0 bridgehead atoms. The van der Waals surface area contributed by atoms with E-state index in [-0.39, 0.29) is 6.03 Å². The molecule has 2 amide bonds. The second-order valence-electron chi connectivity index (χ2n) is 5.49. The zero-order chi connectivity index (χ0) is 16.9. The van der Waals surface area contributed by atoms with Crippen LogP contribution >= 0.6 is 0 Å². The van der Waals surface area contributed by atoms with Crippen molar-refractivity contribution in [3.8, 4) is 5.69 Å². The first kappa shape index (κ1) is 15.6. The van der Waals surface area contributed by atoms with Crippen LogP contribution in [0.3, 0.4) is 0 Å². The number of carbonyl (C=O) groups excluding carboxylic acids is 1. The highest BCUT2D eigenvalue weighted by Gasteiger charge is 2.10. The number of aryl methyl sites for hydroxylation is 2. The van der Waals surface area contributed by atoms with Gasteiger partial charge in [0.15, 0.2) is 0 Å². The topological polar surface area (TPSA) is 71.0 Å². The van der Waals surface area contributed by atoms with Crippen LogP contribution in [0.5, 0.6) is 0 Å². The lowest BCUT2D eigenvalue weighted by Gasteiger charge is -2.11. The molecule has 122 valence electrons. The van der Waals surface area contributed by atoms with Gasteiger partial charge in [-0.2, -0.15) is 5.10 Å². The maximum Gasteiger partial charge on any atom is 0.339 e. The molecular formula is C18H19N5O. The minimum absolute atomic E-state index is 0.368. The molecule has 3 aromatic rings. The zero-order valence-electron chi connectivity index (χ0n) is 13.6. The van der Waals surface area contributed by atoms with Crippen LogP contribution in [-0.2, 0) is 0 Å². The van der Waals surface area contributed by atoms with Crippen molar-refractivity contribution >= 4 is 17.5 Å². The molecule has 0 spiro atoms. The first-order valence-electron chi connectivity index (χ1n) is 7.63. The summed E-state index contributed by atoms with van der Waals surface area (Å²) < 4.78 is 1.70. The summed E-state index contributed by atoms with van der Waals surface area (Å²) in [5, 5.41) is 7.22. The first-order chi connectivity index (χ1) is 11.6. The summed E-state index contributed by atoms with van der Waals surface area (Å²) in [5.74, 6) is 0.599. The number of nitrogens with zero attached hydrogens (tertiary/aromatic N) is 2. The Morgan fingerprint density at radius 2 is 1.71 bits per heavy atom. The Hall–Kier alpha value is -3.28.